The first-order valence-electron chi connectivity index (χ1n) is 5.72. The third-order valence-corrected chi connectivity index (χ3v) is 2.87. The summed E-state index contributed by atoms with van der Waals surface area (Å²) in [6.07, 6.45) is 3.89. The van der Waals surface area contributed by atoms with E-state index in [0.717, 1.165) is 25.9 Å². The quantitative estimate of drug-likeness (QED) is 0.791. The first-order valence-corrected chi connectivity index (χ1v) is 5.72. The van der Waals surface area contributed by atoms with Gasteiger partial charge in [0.05, 0.1) is 0 Å². The second-order valence-corrected chi connectivity index (χ2v) is 4.15. The van der Waals surface area contributed by atoms with Gasteiger partial charge in [0.1, 0.15) is 0 Å². The van der Waals surface area contributed by atoms with Gasteiger partial charge in [0, 0.05) is 31.3 Å². The first-order chi connectivity index (χ1) is 8.16. The third-order valence-electron chi connectivity index (χ3n) is 2.87. The molecule has 1 saturated heterocycles. The summed E-state index contributed by atoms with van der Waals surface area (Å²) in [4.78, 5) is 31.0. The van der Waals surface area contributed by atoms with E-state index in [-0.39, 0.29) is 18.4 Å². The number of carboxylic acids is 1. The molecule has 0 bridgehead atoms. The van der Waals surface area contributed by atoms with Crippen molar-refractivity contribution in [2.75, 3.05) is 18.0 Å². The van der Waals surface area contributed by atoms with Crippen molar-refractivity contribution in [3.05, 3.63) is 22.1 Å². The van der Waals surface area contributed by atoms with Gasteiger partial charge in [-0.3, -0.25) is 14.6 Å². The molecule has 2 heterocycles. The SMILES string of the molecule is O=C(O)CCc1cnc(N2CCCC2)[nH]c1=O. The molecule has 0 aliphatic carbocycles. The number of rotatable bonds is 4. The molecule has 1 aliphatic heterocycles. The number of hydrogen-bond donors (Lipinski definition) is 2. The Labute approximate surface area is 98.3 Å². The highest BCUT2D eigenvalue weighted by molar-refractivity contribution is 5.67. The summed E-state index contributed by atoms with van der Waals surface area (Å²) in [5.74, 6) is -0.320. The van der Waals surface area contributed by atoms with Crippen molar-refractivity contribution < 1.29 is 9.90 Å². The van der Waals surface area contributed by atoms with Crippen LogP contribution in [0.2, 0.25) is 0 Å². The van der Waals surface area contributed by atoms with E-state index < -0.39 is 5.97 Å². The highest BCUT2D eigenvalue weighted by Crippen LogP contribution is 2.13. The molecule has 1 aromatic heterocycles. The van der Waals surface area contributed by atoms with Crippen molar-refractivity contribution in [1.82, 2.24) is 9.97 Å². The lowest BCUT2D eigenvalue weighted by atomic mass is 10.2. The van der Waals surface area contributed by atoms with Gasteiger partial charge in [-0.15, -0.1) is 0 Å². The van der Waals surface area contributed by atoms with Crippen LogP contribution in [0.3, 0.4) is 0 Å². The Morgan fingerprint density at radius 1 is 1.47 bits per heavy atom. The largest absolute Gasteiger partial charge is 0.481 e. The van der Waals surface area contributed by atoms with Gasteiger partial charge in [-0.1, -0.05) is 0 Å². The molecule has 6 heteroatoms. The Kier molecular flexibility index (Phi) is 3.41. The molecule has 0 saturated carbocycles. The molecule has 1 fully saturated rings. The molecule has 2 N–H and O–H groups in total. The Hall–Kier alpha value is -1.85. The van der Waals surface area contributed by atoms with Crippen LogP contribution in [-0.2, 0) is 11.2 Å². The van der Waals surface area contributed by atoms with Gasteiger partial charge >= 0.3 is 5.97 Å². The molecule has 1 aromatic rings. The number of aromatic amines is 1. The summed E-state index contributed by atoms with van der Waals surface area (Å²) in [5, 5.41) is 8.55. The number of aryl methyl sites for hydroxylation is 1. The molecule has 0 atom stereocenters. The predicted molar refractivity (Wildman–Crippen MR) is 62.3 cm³/mol. The fourth-order valence-corrected chi connectivity index (χ4v) is 1.92. The average molecular weight is 237 g/mol. The van der Waals surface area contributed by atoms with Gasteiger partial charge < -0.3 is 10.0 Å². The van der Waals surface area contributed by atoms with E-state index in [1.807, 2.05) is 4.90 Å². The maximum Gasteiger partial charge on any atom is 0.303 e. The molecule has 0 spiro atoms. The lowest BCUT2D eigenvalue weighted by Gasteiger charge is -2.15. The molecule has 0 aromatic carbocycles. The second-order valence-electron chi connectivity index (χ2n) is 4.15. The number of carboxylic acid groups (broad SMARTS) is 1. The van der Waals surface area contributed by atoms with E-state index in [0.29, 0.717) is 11.5 Å². The molecule has 0 unspecified atom stereocenters. The van der Waals surface area contributed by atoms with E-state index in [2.05, 4.69) is 9.97 Å². The summed E-state index contributed by atoms with van der Waals surface area (Å²) in [6, 6.07) is 0. The van der Waals surface area contributed by atoms with Crippen LogP contribution in [0.25, 0.3) is 0 Å². The van der Waals surface area contributed by atoms with Crippen molar-refractivity contribution in [2.24, 2.45) is 0 Å². The summed E-state index contributed by atoms with van der Waals surface area (Å²) < 4.78 is 0. The highest BCUT2D eigenvalue weighted by Gasteiger charge is 2.15. The van der Waals surface area contributed by atoms with Gasteiger partial charge in [-0.05, 0) is 19.3 Å². The van der Waals surface area contributed by atoms with Crippen molar-refractivity contribution in [1.29, 1.82) is 0 Å². The van der Waals surface area contributed by atoms with Crippen molar-refractivity contribution in [2.45, 2.75) is 25.7 Å². The van der Waals surface area contributed by atoms with Crippen LogP contribution >= 0.6 is 0 Å². The lowest BCUT2D eigenvalue weighted by Crippen LogP contribution is -2.25. The topological polar surface area (TPSA) is 86.3 Å². The summed E-state index contributed by atoms with van der Waals surface area (Å²) in [5.41, 5.74) is 0.193. The molecule has 0 radical (unpaired) electrons. The maximum atomic E-state index is 11.7. The number of hydrogen-bond acceptors (Lipinski definition) is 4. The number of aliphatic carboxylic acids is 1. The smallest absolute Gasteiger partial charge is 0.303 e. The van der Waals surface area contributed by atoms with Gasteiger partial charge in [-0.25, -0.2) is 4.98 Å². The van der Waals surface area contributed by atoms with E-state index in [4.69, 9.17) is 5.11 Å². The van der Waals surface area contributed by atoms with Crippen LogP contribution < -0.4 is 10.5 Å². The first kappa shape index (κ1) is 11.6. The van der Waals surface area contributed by atoms with Crippen molar-refractivity contribution in [3.63, 3.8) is 0 Å². The van der Waals surface area contributed by atoms with Gasteiger partial charge in [0.25, 0.3) is 5.56 Å². The normalized spacial score (nSPS) is 15.2. The molecule has 1 aliphatic rings. The molecule has 92 valence electrons. The van der Waals surface area contributed by atoms with Crippen molar-refractivity contribution >= 4 is 11.9 Å². The van der Waals surface area contributed by atoms with Crippen LogP contribution in [0.1, 0.15) is 24.8 Å². The Balaban J connectivity index is 2.11. The molecule has 2 rings (SSSR count). The minimum absolute atomic E-state index is 0.0478. The number of nitrogens with zero attached hydrogens (tertiary/aromatic N) is 2. The van der Waals surface area contributed by atoms with Crippen LogP contribution in [0.5, 0.6) is 0 Å². The lowest BCUT2D eigenvalue weighted by molar-refractivity contribution is -0.136. The number of anilines is 1. The Bertz CT molecular complexity index is 463. The van der Waals surface area contributed by atoms with Gasteiger partial charge in [0.2, 0.25) is 5.95 Å². The molecule has 17 heavy (non-hydrogen) atoms. The summed E-state index contributed by atoms with van der Waals surface area (Å²) in [7, 11) is 0. The summed E-state index contributed by atoms with van der Waals surface area (Å²) >= 11 is 0. The Morgan fingerprint density at radius 3 is 2.76 bits per heavy atom. The average Bonchev–Trinajstić information content (AvgIpc) is 2.80. The predicted octanol–water partition coefficient (Wildman–Crippen LogP) is 0.387. The van der Waals surface area contributed by atoms with Gasteiger partial charge in [-0.2, -0.15) is 0 Å². The van der Waals surface area contributed by atoms with Crippen LogP contribution in [-0.4, -0.2) is 34.1 Å². The fraction of sp³-hybridized carbons (Fsp3) is 0.545. The zero-order valence-electron chi connectivity index (χ0n) is 9.48. The molecular weight excluding hydrogens is 222 g/mol. The molecule has 0 amide bonds. The van der Waals surface area contributed by atoms with Crippen LogP contribution in [0, 0.1) is 0 Å². The van der Waals surface area contributed by atoms with E-state index in [9.17, 15) is 9.59 Å². The maximum absolute atomic E-state index is 11.7. The monoisotopic (exact) mass is 237 g/mol. The minimum atomic E-state index is -0.909. The number of H-pyrrole nitrogens is 1. The molecule has 6 nitrogen and oxygen atoms in total. The van der Waals surface area contributed by atoms with Crippen molar-refractivity contribution in [3.8, 4) is 0 Å². The highest BCUT2D eigenvalue weighted by atomic mass is 16.4. The zero-order valence-corrected chi connectivity index (χ0v) is 9.48. The van der Waals surface area contributed by atoms with E-state index in [1.54, 1.807) is 0 Å². The second kappa shape index (κ2) is 4.99. The van der Waals surface area contributed by atoms with E-state index >= 15 is 0 Å². The number of aromatic nitrogens is 2. The summed E-state index contributed by atoms with van der Waals surface area (Å²) in [6.45, 7) is 1.83. The zero-order chi connectivity index (χ0) is 12.3. The van der Waals surface area contributed by atoms with Crippen LogP contribution in [0.15, 0.2) is 11.0 Å². The minimum Gasteiger partial charge on any atom is -0.481 e. The standard InChI is InChI=1S/C11H15N3O3/c15-9(16)4-3-8-7-12-11(13-10(8)17)14-5-1-2-6-14/h7H,1-6H2,(H,15,16)(H,12,13,17). The number of nitrogens with one attached hydrogen (secondary N) is 1. The molecular formula is C11H15N3O3. The number of carbonyl (C=O) groups is 1. The Morgan fingerprint density at radius 2 is 2.18 bits per heavy atom. The third kappa shape index (κ3) is 2.83. The fourth-order valence-electron chi connectivity index (χ4n) is 1.92. The van der Waals surface area contributed by atoms with E-state index in [1.165, 1.54) is 6.20 Å². The van der Waals surface area contributed by atoms with Crippen LogP contribution in [0.4, 0.5) is 5.95 Å². The van der Waals surface area contributed by atoms with Gasteiger partial charge in [0.15, 0.2) is 0 Å².